The van der Waals surface area contributed by atoms with Crippen LogP contribution in [0.4, 0.5) is 13.2 Å². The van der Waals surface area contributed by atoms with Gasteiger partial charge in [0.15, 0.2) is 11.6 Å². The number of rotatable bonds is 5. The summed E-state index contributed by atoms with van der Waals surface area (Å²) in [6, 6.07) is 3.41. The van der Waals surface area contributed by atoms with Crippen LogP contribution in [0.2, 0.25) is 0 Å². The summed E-state index contributed by atoms with van der Waals surface area (Å²) in [6.45, 7) is 6.03. The number of alkyl halides is 3. The van der Waals surface area contributed by atoms with Crippen LogP contribution in [0.5, 0.6) is 0 Å². The highest BCUT2D eigenvalue weighted by Crippen LogP contribution is 2.26. The lowest BCUT2D eigenvalue weighted by atomic mass is 10.1. The van der Waals surface area contributed by atoms with Gasteiger partial charge in [0.25, 0.3) is 0 Å². The van der Waals surface area contributed by atoms with Gasteiger partial charge in [0.1, 0.15) is 17.9 Å². The average Bonchev–Trinajstić information content (AvgIpc) is 2.77. The molecule has 2 heterocycles. The Balaban J connectivity index is 2.42. The van der Waals surface area contributed by atoms with Gasteiger partial charge in [-0.2, -0.15) is 18.3 Å². The summed E-state index contributed by atoms with van der Waals surface area (Å²) >= 11 is 0. The Morgan fingerprint density at radius 3 is 2.77 bits per heavy atom. The zero-order valence-electron chi connectivity index (χ0n) is 12.2. The van der Waals surface area contributed by atoms with Crippen LogP contribution in [0.15, 0.2) is 24.9 Å². The van der Waals surface area contributed by atoms with E-state index in [1.165, 1.54) is 17.9 Å². The van der Waals surface area contributed by atoms with Crippen LogP contribution < -0.4 is 0 Å². The summed E-state index contributed by atoms with van der Waals surface area (Å²) in [5.74, 6) is 0.310. The number of aryl methyl sites for hydroxylation is 1. The van der Waals surface area contributed by atoms with Crippen molar-refractivity contribution in [1.29, 1.82) is 0 Å². The minimum absolute atomic E-state index is 0.232. The van der Waals surface area contributed by atoms with Crippen LogP contribution in [-0.2, 0) is 18.2 Å². The Kier molecular flexibility index (Phi) is 4.48. The van der Waals surface area contributed by atoms with Gasteiger partial charge in [0.2, 0.25) is 0 Å². The zero-order chi connectivity index (χ0) is 16.3. The molecular formula is C14H15F3N4O. The van der Waals surface area contributed by atoms with Crippen molar-refractivity contribution in [1.82, 2.24) is 19.7 Å². The quantitative estimate of drug-likeness (QED) is 0.797. The number of halogens is 3. The maximum Gasteiger partial charge on any atom is 0.396 e. The van der Waals surface area contributed by atoms with Gasteiger partial charge < -0.3 is 4.74 Å². The number of aromatic nitrogens is 4. The highest BCUT2D eigenvalue weighted by atomic mass is 19.4. The van der Waals surface area contributed by atoms with E-state index in [1.807, 2.05) is 6.92 Å². The molecule has 5 nitrogen and oxygen atoms in total. The number of ether oxygens (including phenoxy) is 1. The highest BCUT2D eigenvalue weighted by molar-refractivity contribution is 5.71. The molecule has 0 amide bonds. The predicted octanol–water partition coefficient (Wildman–Crippen LogP) is 2.99. The van der Waals surface area contributed by atoms with Gasteiger partial charge in [0.05, 0.1) is 6.61 Å². The van der Waals surface area contributed by atoms with E-state index in [2.05, 4.69) is 21.6 Å². The van der Waals surface area contributed by atoms with Gasteiger partial charge in [0, 0.05) is 18.8 Å². The Labute approximate surface area is 125 Å². The normalized spacial score (nSPS) is 11.5. The fraction of sp³-hybridized carbons (Fsp3) is 0.357. The third-order valence-corrected chi connectivity index (χ3v) is 2.80. The molecule has 0 aliphatic carbocycles. The molecule has 0 fully saturated rings. The molecule has 0 atom stereocenters. The van der Waals surface area contributed by atoms with Gasteiger partial charge in [-0.15, -0.1) is 0 Å². The minimum Gasteiger partial charge on any atom is -0.494 e. The summed E-state index contributed by atoms with van der Waals surface area (Å²) in [5, 5.41) is 3.79. The van der Waals surface area contributed by atoms with Crippen molar-refractivity contribution in [3.63, 3.8) is 0 Å². The van der Waals surface area contributed by atoms with E-state index in [0.29, 0.717) is 23.6 Å². The molecule has 0 N–H and O–H groups in total. The van der Waals surface area contributed by atoms with E-state index < -0.39 is 12.6 Å². The first kappa shape index (κ1) is 16.0. The van der Waals surface area contributed by atoms with Crippen LogP contribution in [0.3, 0.4) is 0 Å². The summed E-state index contributed by atoms with van der Waals surface area (Å²) in [7, 11) is 1.52. The molecule has 2 aromatic heterocycles. The standard InChI is InChI=1S/C14H15F3N4O/c1-4-22-9(2)10-6-5-7-18-12(10)13-19-11(20-21(13)3)8-14(15,16)17/h5-7H,2,4,8H2,1,3H3. The van der Waals surface area contributed by atoms with Crippen LogP contribution >= 0.6 is 0 Å². The molecule has 118 valence electrons. The molecule has 0 saturated heterocycles. The predicted molar refractivity (Wildman–Crippen MR) is 74.7 cm³/mol. The van der Waals surface area contributed by atoms with Crippen LogP contribution in [0, 0.1) is 0 Å². The summed E-state index contributed by atoms with van der Waals surface area (Å²) < 4.78 is 44.0. The van der Waals surface area contributed by atoms with Gasteiger partial charge in [-0.3, -0.25) is 4.98 Å². The number of nitrogens with zero attached hydrogens (tertiary/aromatic N) is 4. The molecule has 0 radical (unpaired) electrons. The van der Waals surface area contributed by atoms with Crippen molar-refractivity contribution >= 4 is 5.76 Å². The second kappa shape index (κ2) is 6.17. The first-order valence-corrected chi connectivity index (χ1v) is 6.56. The third-order valence-electron chi connectivity index (χ3n) is 2.80. The molecule has 0 aliphatic rings. The van der Waals surface area contributed by atoms with Crippen molar-refractivity contribution in [2.24, 2.45) is 7.05 Å². The van der Waals surface area contributed by atoms with Crippen molar-refractivity contribution in [2.45, 2.75) is 19.5 Å². The smallest absolute Gasteiger partial charge is 0.396 e. The fourth-order valence-corrected chi connectivity index (χ4v) is 1.96. The number of pyridine rings is 1. The van der Waals surface area contributed by atoms with Crippen LogP contribution in [0.25, 0.3) is 17.3 Å². The lowest BCUT2D eigenvalue weighted by Crippen LogP contribution is -2.12. The largest absolute Gasteiger partial charge is 0.494 e. The van der Waals surface area contributed by atoms with Crippen LogP contribution in [0.1, 0.15) is 18.3 Å². The van der Waals surface area contributed by atoms with E-state index in [9.17, 15) is 13.2 Å². The fourth-order valence-electron chi connectivity index (χ4n) is 1.96. The van der Waals surface area contributed by atoms with Crippen molar-refractivity contribution in [3.8, 4) is 11.5 Å². The monoisotopic (exact) mass is 312 g/mol. The van der Waals surface area contributed by atoms with Gasteiger partial charge in [-0.1, -0.05) is 6.58 Å². The molecule has 0 bridgehead atoms. The molecule has 0 unspecified atom stereocenters. The lowest BCUT2D eigenvalue weighted by molar-refractivity contribution is -0.128. The van der Waals surface area contributed by atoms with E-state index in [4.69, 9.17) is 4.74 Å². The number of hydrogen-bond acceptors (Lipinski definition) is 4. The van der Waals surface area contributed by atoms with Crippen molar-refractivity contribution < 1.29 is 17.9 Å². The van der Waals surface area contributed by atoms with E-state index in [-0.39, 0.29) is 11.6 Å². The summed E-state index contributed by atoms with van der Waals surface area (Å²) in [6.07, 6.45) is -4.02. The Morgan fingerprint density at radius 2 is 2.14 bits per heavy atom. The molecule has 8 heteroatoms. The Hall–Kier alpha value is -2.38. The molecule has 2 rings (SSSR count). The number of hydrogen-bond donors (Lipinski definition) is 0. The third kappa shape index (κ3) is 3.63. The van der Waals surface area contributed by atoms with Crippen molar-refractivity contribution in [3.05, 3.63) is 36.3 Å². The molecule has 22 heavy (non-hydrogen) atoms. The zero-order valence-corrected chi connectivity index (χ0v) is 12.2. The molecular weight excluding hydrogens is 297 g/mol. The highest BCUT2D eigenvalue weighted by Gasteiger charge is 2.31. The van der Waals surface area contributed by atoms with Gasteiger partial charge in [-0.05, 0) is 19.1 Å². The lowest BCUT2D eigenvalue weighted by Gasteiger charge is -2.10. The second-order valence-corrected chi connectivity index (χ2v) is 4.52. The topological polar surface area (TPSA) is 52.8 Å². The molecule has 2 aromatic rings. The van der Waals surface area contributed by atoms with Gasteiger partial charge in [-0.25, -0.2) is 9.67 Å². The first-order chi connectivity index (χ1) is 10.3. The summed E-state index contributed by atoms with van der Waals surface area (Å²) in [4.78, 5) is 8.12. The maximum absolute atomic E-state index is 12.5. The van der Waals surface area contributed by atoms with E-state index in [0.717, 1.165) is 0 Å². The molecule has 0 aliphatic heterocycles. The average molecular weight is 312 g/mol. The van der Waals surface area contributed by atoms with Crippen molar-refractivity contribution in [2.75, 3.05) is 6.61 Å². The molecule has 0 aromatic carbocycles. The SMILES string of the molecule is C=C(OCC)c1cccnc1-c1nc(CC(F)(F)F)nn1C. The van der Waals surface area contributed by atoms with Crippen LogP contribution in [-0.4, -0.2) is 32.5 Å². The molecule has 0 spiro atoms. The minimum atomic E-state index is -4.36. The van der Waals surface area contributed by atoms with Gasteiger partial charge >= 0.3 is 6.18 Å². The van der Waals surface area contributed by atoms with E-state index >= 15 is 0 Å². The second-order valence-electron chi connectivity index (χ2n) is 4.52. The Morgan fingerprint density at radius 1 is 1.41 bits per heavy atom. The molecule has 0 saturated carbocycles. The Bertz CT molecular complexity index is 679. The first-order valence-electron chi connectivity index (χ1n) is 6.56. The van der Waals surface area contributed by atoms with E-state index in [1.54, 1.807) is 12.1 Å². The maximum atomic E-state index is 12.5. The summed E-state index contributed by atoms with van der Waals surface area (Å²) in [5.41, 5.74) is 0.947.